The topological polar surface area (TPSA) is 99.6 Å². The van der Waals surface area contributed by atoms with Crippen molar-refractivity contribution in [1.29, 1.82) is 0 Å². The highest BCUT2D eigenvalue weighted by atomic mass is 16.6. The number of ketones is 1. The molecule has 5 rings (SSSR count). The van der Waals surface area contributed by atoms with Gasteiger partial charge in [-0.1, -0.05) is 18.2 Å². The summed E-state index contributed by atoms with van der Waals surface area (Å²) in [5.74, 6) is -1.57. The van der Waals surface area contributed by atoms with Crippen LogP contribution in [0.2, 0.25) is 0 Å². The number of hydrogen-bond acceptors (Lipinski definition) is 7. The molecular formula is C27H29N3O6. The lowest BCUT2D eigenvalue weighted by atomic mass is 9.81. The van der Waals surface area contributed by atoms with E-state index in [9.17, 15) is 19.5 Å². The van der Waals surface area contributed by atoms with Crippen LogP contribution in [0.25, 0.3) is 5.76 Å². The van der Waals surface area contributed by atoms with Gasteiger partial charge in [-0.25, -0.2) is 0 Å². The van der Waals surface area contributed by atoms with Crippen LogP contribution in [-0.2, 0) is 19.9 Å². The fourth-order valence-electron chi connectivity index (χ4n) is 5.36. The largest absolute Gasteiger partial charge is 0.507 e. The molecule has 3 aliphatic heterocycles. The van der Waals surface area contributed by atoms with Crippen molar-refractivity contribution in [3.8, 4) is 11.5 Å². The SMILES string of the molecule is CCN1C(=O)[C@@]2(/C(=C(\O)c3ccc4c(c3)OCCO4)C(=O)C(=O)N2CCCN(C)C)c2ccccc21. The van der Waals surface area contributed by atoms with Gasteiger partial charge in [-0.3, -0.25) is 14.4 Å². The normalized spacial score (nSPS) is 22.2. The third-order valence-corrected chi connectivity index (χ3v) is 6.93. The quantitative estimate of drug-likeness (QED) is 0.376. The molecule has 0 aliphatic carbocycles. The number of benzene rings is 2. The highest BCUT2D eigenvalue weighted by Crippen LogP contribution is 2.53. The van der Waals surface area contributed by atoms with E-state index in [4.69, 9.17) is 9.47 Å². The van der Waals surface area contributed by atoms with Gasteiger partial charge < -0.3 is 29.3 Å². The van der Waals surface area contributed by atoms with Crippen molar-refractivity contribution in [1.82, 2.24) is 9.80 Å². The highest BCUT2D eigenvalue weighted by molar-refractivity contribution is 6.50. The zero-order chi connectivity index (χ0) is 25.6. The number of likely N-dealkylation sites (tertiary alicyclic amines) is 1. The Morgan fingerprint density at radius 1 is 1.06 bits per heavy atom. The molecule has 2 amide bonds. The van der Waals surface area contributed by atoms with E-state index in [-0.39, 0.29) is 17.7 Å². The van der Waals surface area contributed by atoms with Crippen LogP contribution in [0.5, 0.6) is 11.5 Å². The number of aliphatic hydroxyl groups is 1. The van der Waals surface area contributed by atoms with Gasteiger partial charge in [-0.05, 0) is 58.3 Å². The predicted octanol–water partition coefficient (Wildman–Crippen LogP) is 2.35. The van der Waals surface area contributed by atoms with E-state index in [1.807, 2.05) is 32.0 Å². The molecule has 1 atom stereocenters. The van der Waals surface area contributed by atoms with Crippen LogP contribution in [0, 0.1) is 0 Å². The third-order valence-electron chi connectivity index (χ3n) is 6.93. The second-order valence-electron chi connectivity index (χ2n) is 9.30. The van der Waals surface area contributed by atoms with Gasteiger partial charge in [0.05, 0.1) is 11.3 Å². The number of rotatable bonds is 6. The molecule has 1 saturated heterocycles. The van der Waals surface area contributed by atoms with E-state index in [1.54, 1.807) is 41.3 Å². The zero-order valence-electron chi connectivity index (χ0n) is 20.6. The van der Waals surface area contributed by atoms with Crippen molar-refractivity contribution in [2.45, 2.75) is 18.9 Å². The van der Waals surface area contributed by atoms with Gasteiger partial charge >= 0.3 is 0 Å². The van der Waals surface area contributed by atoms with Gasteiger partial charge in [0.1, 0.15) is 19.0 Å². The van der Waals surface area contributed by atoms with Gasteiger partial charge in [0.2, 0.25) is 0 Å². The van der Waals surface area contributed by atoms with E-state index >= 15 is 0 Å². The molecule has 9 heteroatoms. The molecule has 2 aromatic carbocycles. The fourth-order valence-corrected chi connectivity index (χ4v) is 5.36. The molecule has 1 N–H and O–H groups in total. The summed E-state index contributed by atoms with van der Waals surface area (Å²) in [7, 11) is 3.83. The standard InChI is InChI=1S/C27H29N3O6/c1-4-29-19-9-6-5-8-18(19)27(26(29)34)22(24(32)25(33)30(27)13-7-12-28(2)3)23(31)17-10-11-20-21(16-17)36-15-14-35-20/h5-6,8-11,16,31H,4,7,12-15H2,1-3H3/b23-22-/t27-/m0/s1. The number of Topliss-reactive ketones (excluding diaryl/α,β-unsaturated/α-hetero) is 1. The number of aliphatic hydroxyl groups excluding tert-OH is 1. The van der Waals surface area contributed by atoms with Crippen LogP contribution >= 0.6 is 0 Å². The van der Waals surface area contributed by atoms with E-state index in [0.717, 1.165) is 0 Å². The first kappa shape index (κ1) is 23.9. The number of likely N-dealkylation sites (N-methyl/N-ethyl adjacent to an activating group) is 1. The molecule has 1 spiro atoms. The van der Waals surface area contributed by atoms with Crippen LogP contribution < -0.4 is 14.4 Å². The summed E-state index contributed by atoms with van der Waals surface area (Å²) in [4.78, 5) is 46.1. The molecule has 188 valence electrons. The zero-order valence-corrected chi connectivity index (χ0v) is 20.6. The van der Waals surface area contributed by atoms with Crippen LogP contribution in [0.4, 0.5) is 5.69 Å². The number of fused-ring (bicyclic) bond motifs is 3. The lowest BCUT2D eigenvalue weighted by Crippen LogP contribution is -2.52. The lowest BCUT2D eigenvalue weighted by Gasteiger charge is -2.34. The molecule has 36 heavy (non-hydrogen) atoms. The highest BCUT2D eigenvalue weighted by Gasteiger charge is 2.66. The second kappa shape index (κ2) is 8.98. The Kier molecular flexibility index (Phi) is 5.96. The first-order valence-corrected chi connectivity index (χ1v) is 12.1. The van der Waals surface area contributed by atoms with Crippen LogP contribution in [0.1, 0.15) is 24.5 Å². The predicted molar refractivity (Wildman–Crippen MR) is 133 cm³/mol. The Balaban J connectivity index is 1.74. The molecule has 0 saturated carbocycles. The summed E-state index contributed by atoms with van der Waals surface area (Å²) in [5.41, 5.74) is -0.560. The average Bonchev–Trinajstić information content (AvgIpc) is 3.26. The van der Waals surface area contributed by atoms with Crippen molar-refractivity contribution in [2.75, 3.05) is 51.8 Å². The number of anilines is 1. The minimum absolute atomic E-state index is 0.179. The molecule has 0 aromatic heterocycles. The molecule has 9 nitrogen and oxygen atoms in total. The number of carbonyl (C=O) groups is 3. The average molecular weight is 492 g/mol. The maximum atomic E-state index is 14.2. The van der Waals surface area contributed by atoms with Crippen molar-refractivity contribution < 1.29 is 29.0 Å². The smallest absolute Gasteiger partial charge is 0.296 e. The number of para-hydroxylation sites is 1. The molecular weight excluding hydrogens is 462 g/mol. The minimum atomic E-state index is -1.75. The number of ether oxygens (including phenoxy) is 2. The van der Waals surface area contributed by atoms with E-state index in [2.05, 4.69) is 0 Å². The summed E-state index contributed by atoms with van der Waals surface area (Å²) in [6, 6.07) is 12.0. The summed E-state index contributed by atoms with van der Waals surface area (Å²) in [5, 5.41) is 11.6. The maximum Gasteiger partial charge on any atom is 0.296 e. The lowest BCUT2D eigenvalue weighted by molar-refractivity contribution is -0.143. The molecule has 3 heterocycles. The van der Waals surface area contributed by atoms with Gasteiger partial charge in [0.25, 0.3) is 17.6 Å². The molecule has 3 aliphatic rings. The summed E-state index contributed by atoms with van der Waals surface area (Å²) in [6.45, 7) is 3.80. The van der Waals surface area contributed by atoms with Gasteiger partial charge in [0, 0.05) is 24.2 Å². The van der Waals surface area contributed by atoms with Crippen molar-refractivity contribution in [3.63, 3.8) is 0 Å². The maximum absolute atomic E-state index is 14.2. The Morgan fingerprint density at radius 3 is 2.50 bits per heavy atom. The number of nitrogens with zero attached hydrogens (tertiary/aromatic N) is 3. The Hall–Kier alpha value is -3.85. The molecule has 0 unspecified atom stereocenters. The second-order valence-corrected chi connectivity index (χ2v) is 9.30. The third kappa shape index (κ3) is 3.37. The van der Waals surface area contributed by atoms with E-state index in [0.29, 0.717) is 55.5 Å². The van der Waals surface area contributed by atoms with Gasteiger partial charge in [0.15, 0.2) is 17.0 Å². The first-order chi connectivity index (χ1) is 17.3. The molecule has 0 radical (unpaired) electrons. The summed E-state index contributed by atoms with van der Waals surface area (Å²) >= 11 is 0. The first-order valence-electron chi connectivity index (χ1n) is 12.1. The van der Waals surface area contributed by atoms with E-state index < -0.39 is 28.9 Å². The number of hydrogen-bond donors (Lipinski definition) is 1. The Morgan fingerprint density at radius 2 is 1.78 bits per heavy atom. The van der Waals surface area contributed by atoms with Crippen molar-refractivity contribution in [3.05, 3.63) is 59.2 Å². The fraction of sp³-hybridized carbons (Fsp3) is 0.370. The number of carbonyl (C=O) groups excluding carboxylic acids is 3. The molecule has 2 aromatic rings. The molecule has 1 fully saturated rings. The summed E-state index contributed by atoms with van der Waals surface area (Å²) in [6.07, 6.45) is 0.549. The minimum Gasteiger partial charge on any atom is -0.507 e. The van der Waals surface area contributed by atoms with Crippen LogP contribution in [-0.4, -0.2) is 79.4 Å². The Bertz CT molecular complexity index is 1290. The van der Waals surface area contributed by atoms with Crippen LogP contribution in [0.15, 0.2) is 48.0 Å². The Labute approximate surface area is 209 Å². The van der Waals surface area contributed by atoms with Crippen LogP contribution in [0.3, 0.4) is 0 Å². The van der Waals surface area contributed by atoms with Crippen molar-refractivity contribution >= 4 is 29.0 Å². The monoisotopic (exact) mass is 491 g/mol. The molecule has 0 bridgehead atoms. The summed E-state index contributed by atoms with van der Waals surface area (Å²) < 4.78 is 11.2. The van der Waals surface area contributed by atoms with Gasteiger partial charge in [-0.2, -0.15) is 0 Å². The van der Waals surface area contributed by atoms with Crippen molar-refractivity contribution in [2.24, 2.45) is 0 Å². The van der Waals surface area contributed by atoms with Gasteiger partial charge in [-0.15, -0.1) is 0 Å². The van der Waals surface area contributed by atoms with E-state index in [1.165, 1.54) is 4.90 Å². The number of amides is 2.